The van der Waals surface area contributed by atoms with Gasteiger partial charge in [-0.15, -0.1) is 0 Å². The quantitative estimate of drug-likeness (QED) is 0.883. The maximum absolute atomic E-state index is 13.7. The number of benzene rings is 1. The monoisotopic (exact) mass is 242 g/mol. The second kappa shape index (κ2) is 5.10. The van der Waals surface area contributed by atoms with Crippen LogP contribution in [0.15, 0.2) is 12.1 Å². The summed E-state index contributed by atoms with van der Waals surface area (Å²) in [6.07, 6.45) is 0. The first-order chi connectivity index (χ1) is 7.77. The molecule has 0 spiro atoms. The molecule has 0 aromatic heterocycles. The summed E-state index contributed by atoms with van der Waals surface area (Å²) in [5, 5.41) is 0. The zero-order valence-electron chi connectivity index (χ0n) is 10.8. The van der Waals surface area contributed by atoms with Crippen molar-refractivity contribution in [1.82, 2.24) is 4.90 Å². The van der Waals surface area contributed by atoms with Crippen LogP contribution in [0.3, 0.4) is 0 Å². The molecule has 0 unspecified atom stereocenters. The molecular formula is C13H20F2N2. The highest BCUT2D eigenvalue weighted by Crippen LogP contribution is 2.22. The van der Waals surface area contributed by atoms with Crippen LogP contribution in [0, 0.1) is 11.6 Å². The van der Waals surface area contributed by atoms with Gasteiger partial charge in [0.25, 0.3) is 0 Å². The first kappa shape index (κ1) is 14.1. The summed E-state index contributed by atoms with van der Waals surface area (Å²) in [5.74, 6) is -0.839. The normalized spacial score (nSPS) is 12.2. The summed E-state index contributed by atoms with van der Waals surface area (Å²) in [6.45, 7) is 6.42. The molecule has 0 radical (unpaired) electrons. The van der Waals surface area contributed by atoms with Crippen molar-refractivity contribution in [2.24, 2.45) is 5.73 Å². The van der Waals surface area contributed by atoms with E-state index in [1.807, 2.05) is 32.7 Å². The van der Waals surface area contributed by atoms with Gasteiger partial charge in [-0.3, -0.25) is 4.90 Å². The Bertz CT molecular complexity index is 397. The predicted molar refractivity (Wildman–Crippen MR) is 65.5 cm³/mol. The second-order valence-corrected chi connectivity index (χ2v) is 5.22. The molecule has 96 valence electrons. The van der Waals surface area contributed by atoms with Crippen LogP contribution in [0.25, 0.3) is 0 Å². The molecule has 2 N–H and O–H groups in total. The molecule has 4 heteroatoms. The van der Waals surface area contributed by atoms with Crippen molar-refractivity contribution in [3.63, 3.8) is 0 Å². The third-order valence-electron chi connectivity index (χ3n) is 3.06. The zero-order valence-corrected chi connectivity index (χ0v) is 10.8. The van der Waals surface area contributed by atoms with Gasteiger partial charge in [0.05, 0.1) is 0 Å². The van der Waals surface area contributed by atoms with Gasteiger partial charge in [-0.05, 0) is 40.0 Å². The fraction of sp³-hybridized carbons (Fsp3) is 0.538. The molecule has 0 bridgehead atoms. The number of hydrogen-bond acceptors (Lipinski definition) is 2. The molecule has 1 aromatic carbocycles. The van der Waals surface area contributed by atoms with Crippen molar-refractivity contribution < 1.29 is 8.78 Å². The molecular weight excluding hydrogens is 222 g/mol. The molecule has 0 fully saturated rings. The number of nitrogens with two attached hydrogens (primary N) is 1. The summed E-state index contributed by atoms with van der Waals surface area (Å²) in [5.41, 5.74) is 5.99. The van der Waals surface area contributed by atoms with Crippen LogP contribution in [0.2, 0.25) is 0 Å². The SMILES string of the molecule is CN(Cc1c(F)ccc(F)c1CN)C(C)(C)C. The lowest BCUT2D eigenvalue weighted by atomic mass is 10.0. The summed E-state index contributed by atoms with van der Waals surface area (Å²) in [6, 6.07) is 2.28. The Hall–Kier alpha value is -1.00. The fourth-order valence-corrected chi connectivity index (χ4v) is 1.50. The van der Waals surface area contributed by atoms with Crippen molar-refractivity contribution in [3.05, 3.63) is 34.9 Å². The highest BCUT2D eigenvalue weighted by molar-refractivity contribution is 5.30. The Morgan fingerprint density at radius 2 is 1.59 bits per heavy atom. The fourth-order valence-electron chi connectivity index (χ4n) is 1.50. The maximum Gasteiger partial charge on any atom is 0.128 e. The molecule has 0 heterocycles. The van der Waals surface area contributed by atoms with Crippen LogP contribution in [0.5, 0.6) is 0 Å². The first-order valence-corrected chi connectivity index (χ1v) is 5.64. The van der Waals surface area contributed by atoms with E-state index in [1.54, 1.807) is 0 Å². The molecule has 0 atom stereocenters. The van der Waals surface area contributed by atoms with E-state index in [0.717, 1.165) is 12.1 Å². The molecule has 0 saturated carbocycles. The number of rotatable bonds is 3. The second-order valence-electron chi connectivity index (χ2n) is 5.22. The van der Waals surface area contributed by atoms with Gasteiger partial charge >= 0.3 is 0 Å². The molecule has 0 aliphatic heterocycles. The van der Waals surface area contributed by atoms with E-state index in [1.165, 1.54) is 0 Å². The van der Waals surface area contributed by atoms with E-state index in [-0.39, 0.29) is 17.6 Å². The van der Waals surface area contributed by atoms with E-state index in [0.29, 0.717) is 12.1 Å². The summed E-state index contributed by atoms with van der Waals surface area (Å²) in [7, 11) is 1.88. The molecule has 1 rings (SSSR count). The molecule has 17 heavy (non-hydrogen) atoms. The van der Waals surface area contributed by atoms with Gasteiger partial charge < -0.3 is 5.73 Å². The maximum atomic E-state index is 13.7. The topological polar surface area (TPSA) is 29.3 Å². The minimum Gasteiger partial charge on any atom is -0.326 e. The smallest absolute Gasteiger partial charge is 0.128 e. The van der Waals surface area contributed by atoms with E-state index < -0.39 is 11.6 Å². The molecule has 0 aliphatic rings. The van der Waals surface area contributed by atoms with E-state index >= 15 is 0 Å². The van der Waals surface area contributed by atoms with Gasteiger partial charge in [-0.2, -0.15) is 0 Å². The van der Waals surface area contributed by atoms with E-state index in [4.69, 9.17) is 5.73 Å². The Labute approximate surface area is 101 Å². The van der Waals surface area contributed by atoms with Gasteiger partial charge in [0.15, 0.2) is 0 Å². The third-order valence-corrected chi connectivity index (χ3v) is 3.06. The molecule has 1 aromatic rings. The largest absolute Gasteiger partial charge is 0.326 e. The molecule has 2 nitrogen and oxygen atoms in total. The first-order valence-electron chi connectivity index (χ1n) is 5.64. The summed E-state index contributed by atoms with van der Waals surface area (Å²) >= 11 is 0. The van der Waals surface area contributed by atoms with Crippen LogP contribution in [0.1, 0.15) is 31.9 Å². The van der Waals surface area contributed by atoms with Crippen molar-refractivity contribution in [2.45, 2.75) is 39.4 Å². The van der Waals surface area contributed by atoms with Crippen molar-refractivity contribution in [3.8, 4) is 0 Å². The minimum atomic E-state index is -0.439. The van der Waals surface area contributed by atoms with Crippen LogP contribution in [-0.4, -0.2) is 17.5 Å². The Balaban J connectivity index is 3.09. The van der Waals surface area contributed by atoms with Crippen LogP contribution < -0.4 is 5.73 Å². The van der Waals surface area contributed by atoms with Crippen molar-refractivity contribution in [1.29, 1.82) is 0 Å². The number of nitrogens with zero attached hydrogens (tertiary/aromatic N) is 1. The molecule has 0 aliphatic carbocycles. The predicted octanol–water partition coefficient (Wildman–Crippen LogP) is 2.65. The highest BCUT2D eigenvalue weighted by atomic mass is 19.1. The van der Waals surface area contributed by atoms with Crippen LogP contribution >= 0.6 is 0 Å². The lowest BCUT2D eigenvalue weighted by Crippen LogP contribution is -2.38. The van der Waals surface area contributed by atoms with Crippen LogP contribution in [0.4, 0.5) is 8.78 Å². The van der Waals surface area contributed by atoms with Crippen molar-refractivity contribution in [2.75, 3.05) is 7.05 Å². The van der Waals surface area contributed by atoms with Crippen molar-refractivity contribution >= 4 is 0 Å². The van der Waals surface area contributed by atoms with Gasteiger partial charge in [0, 0.05) is 29.8 Å². The van der Waals surface area contributed by atoms with Gasteiger partial charge in [0.2, 0.25) is 0 Å². The summed E-state index contributed by atoms with van der Waals surface area (Å²) in [4.78, 5) is 1.96. The van der Waals surface area contributed by atoms with Gasteiger partial charge in [0.1, 0.15) is 11.6 Å². The zero-order chi connectivity index (χ0) is 13.2. The lowest BCUT2D eigenvalue weighted by molar-refractivity contribution is 0.164. The number of hydrogen-bond donors (Lipinski definition) is 1. The Morgan fingerprint density at radius 1 is 1.12 bits per heavy atom. The average Bonchev–Trinajstić information content (AvgIpc) is 2.22. The van der Waals surface area contributed by atoms with Gasteiger partial charge in [-0.25, -0.2) is 8.78 Å². The molecule has 0 saturated heterocycles. The average molecular weight is 242 g/mol. The Morgan fingerprint density at radius 3 is 2.00 bits per heavy atom. The van der Waals surface area contributed by atoms with Gasteiger partial charge in [-0.1, -0.05) is 0 Å². The Kier molecular flexibility index (Phi) is 4.22. The van der Waals surface area contributed by atoms with E-state index in [2.05, 4.69) is 0 Å². The summed E-state index contributed by atoms with van der Waals surface area (Å²) < 4.78 is 27.2. The molecule has 0 amide bonds. The minimum absolute atomic E-state index is 0.0108. The number of halogens is 2. The standard InChI is InChI=1S/C13H20F2N2/c1-13(2,3)17(4)8-10-9(7-16)11(14)5-6-12(10)15/h5-6H,7-8,16H2,1-4H3. The van der Waals surface area contributed by atoms with E-state index in [9.17, 15) is 8.78 Å². The third kappa shape index (κ3) is 3.23. The van der Waals surface area contributed by atoms with Crippen LogP contribution in [-0.2, 0) is 13.1 Å². The highest BCUT2D eigenvalue weighted by Gasteiger charge is 2.21. The lowest BCUT2D eigenvalue weighted by Gasteiger charge is -2.32.